The van der Waals surface area contributed by atoms with Gasteiger partial charge in [0.05, 0.1) is 0 Å². The topological polar surface area (TPSA) is 26.0 Å². The first-order valence-electron chi connectivity index (χ1n) is 5.16. The first-order valence-corrected chi connectivity index (χ1v) is 5.16. The molecule has 0 saturated heterocycles. The second-order valence-corrected chi connectivity index (χ2v) is 4.01. The fourth-order valence-corrected chi connectivity index (χ4v) is 2.11. The number of hydrogen-bond acceptors (Lipinski definition) is 1. The summed E-state index contributed by atoms with van der Waals surface area (Å²) in [4.78, 5) is 0. The van der Waals surface area contributed by atoms with Crippen molar-refractivity contribution in [1.29, 1.82) is 0 Å². The zero-order valence-corrected chi connectivity index (χ0v) is 8.34. The summed E-state index contributed by atoms with van der Waals surface area (Å²) in [7, 11) is 0. The molecule has 1 aliphatic carbocycles. The van der Waals surface area contributed by atoms with Crippen LogP contribution in [0.5, 0.6) is 0 Å². The minimum Gasteiger partial charge on any atom is -0.330 e. The molecule has 1 aliphatic rings. The maximum absolute atomic E-state index is 5.58. The van der Waals surface area contributed by atoms with Crippen LogP contribution in [-0.2, 0) is 0 Å². The van der Waals surface area contributed by atoms with Gasteiger partial charge in [0.2, 0.25) is 0 Å². The van der Waals surface area contributed by atoms with Gasteiger partial charge in [0, 0.05) is 0 Å². The van der Waals surface area contributed by atoms with Crippen LogP contribution in [0.15, 0.2) is 11.6 Å². The maximum atomic E-state index is 5.58. The second kappa shape index (κ2) is 4.66. The third kappa shape index (κ3) is 2.34. The summed E-state index contributed by atoms with van der Waals surface area (Å²) >= 11 is 0. The van der Waals surface area contributed by atoms with E-state index in [1.54, 1.807) is 5.57 Å². The standard InChI is InChI=1S/C11H21N/c1-3-10(6-7-12)11-5-4-9(2)8-11/h5,9-10H,3-4,6-8,12H2,1-2H3. The molecule has 0 bridgehead atoms. The van der Waals surface area contributed by atoms with Crippen molar-refractivity contribution in [3.05, 3.63) is 11.6 Å². The predicted octanol–water partition coefficient (Wildman–Crippen LogP) is 2.72. The van der Waals surface area contributed by atoms with Gasteiger partial charge in [-0.1, -0.05) is 25.5 Å². The zero-order chi connectivity index (χ0) is 8.97. The summed E-state index contributed by atoms with van der Waals surface area (Å²) in [5.41, 5.74) is 7.26. The fraction of sp³-hybridized carbons (Fsp3) is 0.818. The minimum atomic E-state index is 0.778. The van der Waals surface area contributed by atoms with Crippen LogP contribution in [0.2, 0.25) is 0 Å². The van der Waals surface area contributed by atoms with Crippen molar-refractivity contribution in [2.45, 2.75) is 39.5 Å². The van der Waals surface area contributed by atoms with E-state index in [4.69, 9.17) is 5.73 Å². The van der Waals surface area contributed by atoms with Gasteiger partial charge in [-0.3, -0.25) is 0 Å². The van der Waals surface area contributed by atoms with E-state index in [0.717, 1.165) is 18.4 Å². The Kier molecular flexibility index (Phi) is 3.80. The largest absolute Gasteiger partial charge is 0.330 e. The molecule has 2 atom stereocenters. The van der Waals surface area contributed by atoms with Gasteiger partial charge in [-0.05, 0) is 44.1 Å². The zero-order valence-electron chi connectivity index (χ0n) is 8.34. The summed E-state index contributed by atoms with van der Waals surface area (Å²) in [6.07, 6.45) is 7.48. The van der Waals surface area contributed by atoms with Gasteiger partial charge < -0.3 is 5.73 Å². The van der Waals surface area contributed by atoms with Crippen molar-refractivity contribution in [3.63, 3.8) is 0 Å². The smallest absolute Gasteiger partial charge is 0.00716 e. The van der Waals surface area contributed by atoms with Crippen molar-refractivity contribution in [2.75, 3.05) is 6.54 Å². The van der Waals surface area contributed by atoms with E-state index in [-0.39, 0.29) is 0 Å². The molecule has 0 aromatic rings. The van der Waals surface area contributed by atoms with Gasteiger partial charge >= 0.3 is 0 Å². The molecule has 0 radical (unpaired) electrons. The first kappa shape index (κ1) is 9.79. The molecule has 2 unspecified atom stereocenters. The van der Waals surface area contributed by atoms with Crippen LogP contribution in [0.1, 0.15) is 39.5 Å². The molecule has 1 nitrogen and oxygen atoms in total. The molecule has 0 spiro atoms. The van der Waals surface area contributed by atoms with Crippen molar-refractivity contribution < 1.29 is 0 Å². The molecule has 1 rings (SSSR count). The van der Waals surface area contributed by atoms with Crippen LogP contribution in [-0.4, -0.2) is 6.54 Å². The number of nitrogens with two attached hydrogens (primary N) is 1. The van der Waals surface area contributed by atoms with E-state index < -0.39 is 0 Å². The van der Waals surface area contributed by atoms with Crippen molar-refractivity contribution >= 4 is 0 Å². The maximum Gasteiger partial charge on any atom is -0.00716 e. The summed E-state index contributed by atoms with van der Waals surface area (Å²) in [6.45, 7) is 5.44. The lowest BCUT2D eigenvalue weighted by molar-refractivity contribution is 0.513. The number of allylic oxidation sites excluding steroid dienone is 2. The molecular weight excluding hydrogens is 146 g/mol. The third-order valence-electron chi connectivity index (χ3n) is 2.90. The Balaban J connectivity index is 2.43. The molecule has 12 heavy (non-hydrogen) atoms. The second-order valence-electron chi connectivity index (χ2n) is 4.01. The van der Waals surface area contributed by atoms with Gasteiger partial charge in [-0.15, -0.1) is 0 Å². The molecule has 0 aromatic heterocycles. The van der Waals surface area contributed by atoms with Crippen LogP contribution in [0.3, 0.4) is 0 Å². The molecule has 70 valence electrons. The van der Waals surface area contributed by atoms with E-state index in [9.17, 15) is 0 Å². The van der Waals surface area contributed by atoms with E-state index in [2.05, 4.69) is 19.9 Å². The van der Waals surface area contributed by atoms with Crippen LogP contribution >= 0.6 is 0 Å². The van der Waals surface area contributed by atoms with E-state index in [1.165, 1.54) is 25.7 Å². The lowest BCUT2D eigenvalue weighted by Gasteiger charge is -2.15. The summed E-state index contributed by atoms with van der Waals surface area (Å²) in [5, 5.41) is 0. The molecule has 0 fully saturated rings. The molecule has 0 aromatic carbocycles. The summed E-state index contributed by atoms with van der Waals surface area (Å²) < 4.78 is 0. The molecular formula is C11H21N. The highest BCUT2D eigenvalue weighted by molar-refractivity contribution is 5.13. The van der Waals surface area contributed by atoms with E-state index in [1.807, 2.05) is 0 Å². The average molecular weight is 167 g/mol. The Bertz CT molecular complexity index is 160. The first-order chi connectivity index (χ1) is 5.77. The number of hydrogen-bond donors (Lipinski definition) is 1. The average Bonchev–Trinajstić information content (AvgIpc) is 2.47. The minimum absolute atomic E-state index is 0.778. The quantitative estimate of drug-likeness (QED) is 0.640. The summed E-state index contributed by atoms with van der Waals surface area (Å²) in [6, 6.07) is 0. The van der Waals surface area contributed by atoms with Crippen LogP contribution in [0.4, 0.5) is 0 Å². The van der Waals surface area contributed by atoms with Gasteiger partial charge in [-0.25, -0.2) is 0 Å². The van der Waals surface area contributed by atoms with Crippen LogP contribution < -0.4 is 5.73 Å². The van der Waals surface area contributed by atoms with Crippen molar-refractivity contribution in [1.82, 2.24) is 0 Å². The lowest BCUT2D eigenvalue weighted by Crippen LogP contribution is -2.10. The highest BCUT2D eigenvalue weighted by atomic mass is 14.5. The van der Waals surface area contributed by atoms with Crippen LogP contribution in [0.25, 0.3) is 0 Å². The Labute approximate surface area is 76.0 Å². The SMILES string of the molecule is CCC(CCN)C1=CCC(C)C1. The van der Waals surface area contributed by atoms with E-state index >= 15 is 0 Å². The normalized spacial score (nSPS) is 25.6. The predicted molar refractivity (Wildman–Crippen MR) is 53.9 cm³/mol. The molecule has 0 saturated carbocycles. The highest BCUT2D eigenvalue weighted by Gasteiger charge is 2.18. The van der Waals surface area contributed by atoms with E-state index in [0.29, 0.717) is 0 Å². The Morgan fingerprint density at radius 3 is 2.83 bits per heavy atom. The van der Waals surface area contributed by atoms with Crippen LogP contribution in [0, 0.1) is 11.8 Å². The molecule has 0 aliphatic heterocycles. The summed E-state index contributed by atoms with van der Waals surface area (Å²) in [5.74, 6) is 1.66. The fourth-order valence-electron chi connectivity index (χ4n) is 2.11. The van der Waals surface area contributed by atoms with Crippen molar-refractivity contribution in [3.8, 4) is 0 Å². The van der Waals surface area contributed by atoms with Crippen molar-refractivity contribution in [2.24, 2.45) is 17.6 Å². The van der Waals surface area contributed by atoms with Gasteiger partial charge in [0.15, 0.2) is 0 Å². The highest BCUT2D eigenvalue weighted by Crippen LogP contribution is 2.32. The monoisotopic (exact) mass is 167 g/mol. The molecule has 2 N–H and O–H groups in total. The molecule has 0 heterocycles. The molecule has 0 amide bonds. The van der Waals surface area contributed by atoms with Gasteiger partial charge in [0.25, 0.3) is 0 Å². The third-order valence-corrected chi connectivity index (χ3v) is 2.90. The molecule has 1 heteroatoms. The van der Waals surface area contributed by atoms with Gasteiger partial charge in [0.1, 0.15) is 0 Å². The number of rotatable bonds is 4. The Hall–Kier alpha value is -0.300. The van der Waals surface area contributed by atoms with Gasteiger partial charge in [-0.2, -0.15) is 0 Å². The lowest BCUT2D eigenvalue weighted by atomic mass is 9.91. The Morgan fingerprint density at radius 1 is 1.67 bits per heavy atom. The Morgan fingerprint density at radius 2 is 2.42 bits per heavy atom.